The molecule has 2 aromatic heterocycles. The van der Waals surface area contributed by atoms with Crippen LogP contribution in [0.15, 0.2) is 10.5 Å². The summed E-state index contributed by atoms with van der Waals surface area (Å²) in [6.45, 7) is 6.49. The molecule has 1 aliphatic heterocycles. The number of hydrogen-bond acceptors (Lipinski definition) is 4. The minimum Gasteiger partial charge on any atom is -0.456 e. The molecule has 1 aliphatic rings. The highest BCUT2D eigenvalue weighted by Gasteiger charge is 2.36. The molecule has 0 bridgehead atoms. The lowest BCUT2D eigenvalue weighted by Crippen LogP contribution is -2.44. The van der Waals surface area contributed by atoms with Crippen LogP contribution in [0.25, 0.3) is 0 Å². The van der Waals surface area contributed by atoms with Gasteiger partial charge in [0.1, 0.15) is 12.3 Å². The lowest BCUT2D eigenvalue weighted by Gasteiger charge is -2.35. The number of amides is 1. The molecule has 1 fully saturated rings. The average Bonchev–Trinajstić information content (AvgIpc) is 3.04. The second kappa shape index (κ2) is 7.03. The van der Waals surface area contributed by atoms with E-state index in [1.54, 1.807) is 38.7 Å². The molecule has 0 spiro atoms. The van der Waals surface area contributed by atoms with Crippen LogP contribution in [0.4, 0.5) is 13.2 Å². The SMILES string of the molecule is Cc1cc(C)c(C(=O)N2CCOC[C@H]2c2c(C)nn(CC(F)(F)F)c2C)o1. The summed E-state index contributed by atoms with van der Waals surface area (Å²) < 4.78 is 50.4. The van der Waals surface area contributed by atoms with E-state index in [-0.39, 0.29) is 18.3 Å². The van der Waals surface area contributed by atoms with E-state index in [0.29, 0.717) is 35.9 Å². The molecule has 0 radical (unpaired) electrons. The second-order valence-electron chi connectivity index (χ2n) is 6.82. The number of carbonyl (C=O) groups excluding carboxylic acids is 1. The molecule has 27 heavy (non-hydrogen) atoms. The zero-order valence-electron chi connectivity index (χ0n) is 15.7. The number of rotatable bonds is 3. The molecule has 3 rings (SSSR count). The lowest BCUT2D eigenvalue weighted by molar-refractivity contribution is -0.143. The Labute approximate surface area is 154 Å². The fourth-order valence-electron chi connectivity index (χ4n) is 3.59. The first-order valence-corrected chi connectivity index (χ1v) is 8.65. The third-order valence-electron chi connectivity index (χ3n) is 4.72. The van der Waals surface area contributed by atoms with E-state index in [4.69, 9.17) is 9.15 Å². The van der Waals surface area contributed by atoms with Crippen molar-refractivity contribution in [2.45, 2.75) is 46.5 Å². The number of ether oxygens (including phenoxy) is 1. The monoisotopic (exact) mass is 385 g/mol. The molecule has 0 aliphatic carbocycles. The number of aryl methyl sites for hydroxylation is 3. The van der Waals surface area contributed by atoms with Gasteiger partial charge >= 0.3 is 6.18 Å². The average molecular weight is 385 g/mol. The van der Waals surface area contributed by atoms with Gasteiger partial charge in [0.2, 0.25) is 0 Å². The predicted molar refractivity (Wildman–Crippen MR) is 90.5 cm³/mol. The molecule has 2 aromatic rings. The van der Waals surface area contributed by atoms with E-state index in [0.717, 1.165) is 10.2 Å². The number of carbonyl (C=O) groups is 1. The van der Waals surface area contributed by atoms with Crippen LogP contribution in [0.2, 0.25) is 0 Å². The van der Waals surface area contributed by atoms with Gasteiger partial charge in [-0.25, -0.2) is 0 Å². The normalized spacial score (nSPS) is 18.2. The molecule has 1 atom stereocenters. The van der Waals surface area contributed by atoms with Crippen LogP contribution < -0.4 is 0 Å². The Kier molecular flexibility index (Phi) is 5.07. The molecule has 0 N–H and O–H groups in total. The standard InChI is InChI=1S/C18H22F3N3O3/c1-10-7-11(2)27-16(10)17(25)23-5-6-26-8-14(23)15-12(3)22-24(13(15)4)9-18(19,20)21/h7,14H,5-6,8-9H2,1-4H3/t14-/m0/s1. The van der Waals surface area contributed by atoms with Gasteiger partial charge in [0, 0.05) is 23.4 Å². The Balaban J connectivity index is 1.97. The van der Waals surface area contributed by atoms with Crippen LogP contribution in [-0.4, -0.2) is 46.5 Å². The van der Waals surface area contributed by atoms with Gasteiger partial charge in [0.25, 0.3) is 5.91 Å². The topological polar surface area (TPSA) is 60.5 Å². The first-order chi connectivity index (χ1) is 12.6. The maximum Gasteiger partial charge on any atom is 0.408 e. The molecule has 0 saturated carbocycles. The fourth-order valence-corrected chi connectivity index (χ4v) is 3.59. The smallest absolute Gasteiger partial charge is 0.408 e. The summed E-state index contributed by atoms with van der Waals surface area (Å²) in [4.78, 5) is 14.6. The summed E-state index contributed by atoms with van der Waals surface area (Å²) in [5, 5.41) is 4.04. The summed E-state index contributed by atoms with van der Waals surface area (Å²) >= 11 is 0. The number of alkyl halides is 3. The van der Waals surface area contributed by atoms with Crippen molar-refractivity contribution < 1.29 is 27.1 Å². The summed E-state index contributed by atoms with van der Waals surface area (Å²) in [7, 11) is 0. The van der Waals surface area contributed by atoms with Crippen LogP contribution in [0.5, 0.6) is 0 Å². The fraction of sp³-hybridized carbons (Fsp3) is 0.556. The highest BCUT2D eigenvalue weighted by molar-refractivity contribution is 5.93. The molecule has 6 nitrogen and oxygen atoms in total. The van der Waals surface area contributed by atoms with Gasteiger partial charge in [-0.15, -0.1) is 0 Å². The van der Waals surface area contributed by atoms with Crippen molar-refractivity contribution in [2.24, 2.45) is 0 Å². The predicted octanol–water partition coefficient (Wildman–Crippen LogP) is 3.49. The second-order valence-corrected chi connectivity index (χ2v) is 6.82. The third-order valence-corrected chi connectivity index (χ3v) is 4.72. The van der Waals surface area contributed by atoms with Gasteiger partial charge in [-0.1, -0.05) is 0 Å². The van der Waals surface area contributed by atoms with E-state index < -0.39 is 18.8 Å². The third kappa shape index (κ3) is 3.87. The van der Waals surface area contributed by atoms with Crippen LogP contribution in [0.1, 0.15) is 44.9 Å². The molecule has 1 saturated heterocycles. The Morgan fingerprint density at radius 1 is 1.30 bits per heavy atom. The van der Waals surface area contributed by atoms with Gasteiger partial charge in [0.05, 0.1) is 24.9 Å². The van der Waals surface area contributed by atoms with Crippen LogP contribution in [0, 0.1) is 27.7 Å². The maximum absolute atomic E-state index is 13.0. The Hall–Kier alpha value is -2.29. The van der Waals surface area contributed by atoms with E-state index >= 15 is 0 Å². The highest BCUT2D eigenvalue weighted by Crippen LogP contribution is 2.32. The van der Waals surface area contributed by atoms with Gasteiger partial charge in [-0.2, -0.15) is 18.3 Å². The van der Waals surface area contributed by atoms with E-state index in [9.17, 15) is 18.0 Å². The van der Waals surface area contributed by atoms with Crippen molar-refractivity contribution in [2.75, 3.05) is 19.8 Å². The Morgan fingerprint density at radius 2 is 2.00 bits per heavy atom. The number of morpholine rings is 1. The van der Waals surface area contributed by atoms with Crippen molar-refractivity contribution in [3.05, 3.63) is 40.1 Å². The number of nitrogens with zero attached hydrogens (tertiary/aromatic N) is 3. The summed E-state index contributed by atoms with van der Waals surface area (Å²) in [6.07, 6.45) is -4.37. The van der Waals surface area contributed by atoms with Gasteiger partial charge in [-0.05, 0) is 33.8 Å². The molecule has 0 aromatic carbocycles. The minimum atomic E-state index is -4.37. The van der Waals surface area contributed by atoms with Crippen LogP contribution in [0.3, 0.4) is 0 Å². The van der Waals surface area contributed by atoms with E-state index in [1.165, 1.54) is 0 Å². The van der Waals surface area contributed by atoms with Gasteiger partial charge in [0.15, 0.2) is 5.76 Å². The van der Waals surface area contributed by atoms with Crippen molar-refractivity contribution >= 4 is 5.91 Å². The van der Waals surface area contributed by atoms with Crippen molar-refractivity contribution in [3.8, 4) is 0 Å². The molecule has 3 heterocycles. The molecular formula is C18H22F3N3O3. The van der Waals surface area contributed by atoms with Crippen LogP contribution in [-0.2, 0) is 11.3 Å². The number of halogens is 3. The summed E-state index contributed by atoms with van der Waals surface area (Å²) in [5.74, 6) is 0.583. The maximum atomic E-state index is 13.0. The highest BCUT2D eigenvalue weighted by atomic mass is 19.4. The molecule has 0 unspecified atom stereocenters. The number of hydrogen-bond donors (Lipinski definition) is 0. The van der Waals surface area contributed by atoms with Crippen molar-refractivity contribution in [3.63, 3.8) is 0 Å². The quantitative estimate of drug-likeness (QED) is 0.812. The molecular weight excluding hydrogens is 363 g/mol. The molecule has 9 heteroatoms. The number of aromatic nitrogens is 2. The minimum absolute atomic E-state index is 0.198. The summed E-state index contributed by atoms with van der Waals surface area (Å²) in [6, 6.07) is 1.26. The van der Waals surface area contributed by atoms with E-state index in [1.807, 2.05) is 0 Å². The van der Waals surface area contributed by atoms with Crippen molar-refractivity contribution in [1.29, 1.82) is 0 Å². The molecule has 148 valence electrons. The zero-order chi connectivity index (χ0) is 19.9. The Bertz CT molecular complexity index is 854. The van der Waals surface area contributed by atoms with Gasteiger partial charge in [-0.3, -0.25) is 9.48 Å². The largest absolute Gasteiger partial charge is 0.456 e. The lowest BCUT2D eigenvalue weighted by atomic mass is 10.0. The molecule has 1 amide bonds. The zero-order valence-corrected chi connectivity index (χ0v) is 15.7. The Morgan fingerprint density at radius 3 is 2.59 bits per heavy atom. The number of furan rings is 1. The first-order valence-electron chi connectivity index (χ1n) is 8.65. The van der Waals surface area contributed by atoms with Gasteiger partial charge < -0.3 is 14.1 Å². The van der Waals surface area contributed by atoms with E-state index in [2.05, 4.69) is 5.10 Å². The summed E-state index contributed by atoms with van der Waals surface area (Å²) in [5.41, 5.74) is 2.15. The van der Waals surface area contributed by atoms with Crippen LogP contribution >= 0.6 is 0 Å². The first kappa shape index (κ1) is 19.5. The van der Waals surface area contributed by atoms with Crippen molar-refractivity contribution in [1.82, 2.24) is 14.7 Å².